The Labute approximate surface area is 202 Å². The summed E-state index contributed by atoms with van der Waals surface area (Å²) in [5.41, 5.74) is 5.05. The molecule has 7 heteroatoms. The molecule has 3 aromatic rings. The quantitative estimate of drug-likeness (QED) is 0.326. The van der Waals surface area contributed by atoms with Gasteiger partial charge in [0.05, 0.1) is 29.0 Å². The minimum Gasteiger partial charge on any atom is -0.465 e. The van der Waals surface area contributed by atoms with Crippen molar-refractivity contribution in [3.05, 3.63) is 98.4 Å². The number of aromatic nitrogens is 1. The van der Waals surface area contributed by atoms with Gasteiger partial charge in [-0.25, -0.2) is 4.79 Å². The highest BCUT2D eigenvalue weighted by atomic mass is 35.5. The monoisotopic (exact) mass is 480 g/mol. The van der Waals surface area contributed by atoms with E-state index in [1.54, 1.807) is 37.3 Å². The minimum atomic E-state index is -0.578. The van der Waals surface area contributed by atoms with E-state index in [4.69, 9.17) is 27.9 Å². The molecular weight excluding hydrogens is 459 g/mol. The third-order valence-electron chi connectivity index (χ3n) is 5.72. The fourth-order valence-electron chi connectivity index (χ4n) is 4.20. The first-order valence-electron chi connectivity index (χ1n) is 10.3. The van der Waals surface area contributed by atoms with E-state index in [0.29, 0.717) is 21.4 Å². The highest BCUT2D eigenvalue weighted by molar-refractivity contribution is 6.35. The normalized spacial score (nSPS) is 15.0. The Morgan fingerprint density at radius 2 is 1.73 bits per heavy atom. The molecule has 0 bridgehead atoms. The van der Waals surface area contributed by atoms with E-state index in [0.717, 1.165) is 22.6 Å². The summed E-state index contributed by atoms with van der Waals surface area (Å²) in [4.78, 5) is 27.7. The number of ether oxygens (including phenoxy) is 1. The van der Waals surface area contributed by atoms with Crippen LogP contribution >= 0.6 is 23.2 Å². The number of amides is 1. The van der Waals surface area contributed by atoms with Crippen LogP contribution in [0.4, 0.5) is 5.69 Å². The highest BCUT2D eigenvalue weighted by Crippen LogP contribution is 2.39. The lowest BCUT2D eigenvalue weighted by atomic mass is 10.0. The number of carbonyl (C=O) groups excluding carboxylic acids is 2. The van der Waals surface area contributed by atoms with Crippen molar-refractivity contribution in [2.24, 2.45) is 0 Å². The Kier molecular flexibility index (Phi) is 6.19. The maximum absolute atomic E-state index is 13.5. The van der Waals surface area contributed by atoms with Crippen LogP contribution < -0.4 is 4.90 Å². The molecule has 4 rings (SSSR count). The van der Waals surface area contributed by atoms with Crippen LogP contribution in [0.1, 0.15) is 23.9 Å². The summed E-state index contributed by atoms with van der Waals surface area (Å²) in [6, 6.07) is 16.5. The van der Waals surface area contributed by atoms with E-state index < -0.39 is 5.97 Å². The van der Waals surface area contributed by atoms with Crippen LogP contribution in [0.3, 0.4) is 0 Å². The average Bonchev–Trinajstić information content (AvgIpc) is 3.20. The maximum atomic E-state index is 13.5. The van der Waals surface area contributed by atoms with Crippen LogP contribution in [0.15, 0.2) is 71.4 Å². The van der Waals surface area contributed by atoms with Gasteiger partial charge in [-0.15, -0.1) is 0 Å². The van der Waals surface area contributed by atoms with Gasteiger partial charge < -0.3 is 9.30 Å². The van der Waals surface area contributed by atoms with Crippen molar-refractivity contribution in [2.45, 2.75) is 20.8 Å². The SMILES string of the molecule is COC(=O)C1=C(C)N(c2ccccc2Cl)C(=O)/C1=C\c1cc(C)n(-c2cccc(Cl)c2)c1C. The molecule has 5 nitrogen and oxygen atoms in total. The van der Waals surface area contributed by atoms with Gasteiger partial charge in [-0.2, -0.15) is 0 Å². The van der Waals surface area contributed by atoms with Crippen LogP contribution in [0, 0.1) is 13.8 Å². The predicted molar refractivity (Wildman–Crippen MR) is 132 cm³/mol. The molecule has 0 radical (unpaired) electrons. The number of carbonyl (C=O) groups is 2. The van der Waals surface area contributed by atoms with Crippen LogP contribution in [-0.2, 0) is 14.3 Å². The third kappa shape index (κ3) is 3.99. The number of allylic oxidation sites excluding steroid dienone is 1. The molecule has 2 heterocycles. The molecule has 0 aliphatic carbocycles. The van der Waals surface area contributed by atoms with Crippen molar-refractivity contribution >= 4 is 46.8 Å². The second kappa shape index (κ2) is 8.93. The zero-order valence-electron chi connectivity index (χ0n) is 18.6. The number of hydrogen-bond donors (Lipinski definition) is 0. The van der Waals surface area contributed by atoms with E-state index in [9.17, 15) is 9.59 Å². The number of hydrogen-bond acceptors (Lipinski definition) is 3. The summed E-state index contributed by atoms with van der Waals surface area (Å²) in [6.45, 7) is 5.65. The fraction of sp³-hybridized carbons (Fsp3) is 0.154. The van der Waals surface area contributed by atoms with Gasteiger partial charge in [0.15, 0.2) is 0 Å². The first-order chi connectivity index (χ1) is 15.7. The Balaban J connectivity index is 1.87. The van der Waals surface area contributed by atoms with Gasteiger partial charge in [-0.3, -0.25) is 9.69 Å². The lowest BCUT2D eigenvalue weighted by Crippen LogP contribution is -2.24. The maximum Gasteiger partial charge on any atom is 0.340 e. The number of methoxy groups -OCH3 is 1. The summed E-state index contributed by atoms with van der Waals surface area (Å²) >= 11 is 12.6. The van der Waals surface area contributed by atoms with E-state index >= 15 is 0 Å². The molecule has 168 valence electrons. The fourth-order valence-corrected chi connectivity index (χ4v) is 4.61. The molecule has 0 saturated heterocycles. The molecule has 1 aliphatic heterocycles. The number of anilines is 1. The lowest BCUT2D eigenvalue weighted by Gasteiger charge is -2.19. The van der Waals surface area contributed by atoms with E-state index in [1.165, 1.54) is 12.0 Å². The second-order valence-electron chi connectivity index (χ2n) is 7.74. The molecule has 0 N–H and O–H groups in total. The second-order valence-corrected chi connectivity index (χ2v) is 8.59. The van der Waals surface area contributed by atoms with Gasteiger partial charge in [0.25, 0.3) is 5.91 Å². The third-order valence-corrected chi connectivity index (χ3v) is 6.27. The molecule has 1 aliphatic rings. The van der Waals surface area contributed by atoms with E-state index in [2.05, 4.69) is 4.57 Å². The molecule has 0 fully saturated rings. The molecule has 0 atom stereocenters. The summed E-state index contributed by atoms with van der Waals surface area (Å²) < 4.78 is 7.06. The summed E-state index contributed by atoms with van der Waals surface area (Å²) in [5, 5.41) is 1.04. The molecular formula is C26H22Cl2N2O3. The van der Waals surface area contributed by atoms with Gasteiger partial charge >= 0.3 is 5.97 Å². The number of benzene rings is 2. The zero-order valence-corrected chi connectivity index (χ0v) is 20.2. The molecule has 1 aromatic heterocycles. The number of para-hydroxylation sites is 1. The van der Waals surface area contributed by atoms with Crippen LogP contribution in [0.2, 0.25) is 10.0 Å². The molecule has 1 amide bonds. The zero-order chi connectivity index (χ0) is 23.9. The number of rotatable bonds is 4. The minimum absolute atomic E-state index is 0.218. The number of nitrogens with zero attached hydrogens (tertiary/aromatic N) is 2. The lowest BCUT2D eigenvalue weighted by molar-refractivity contribution is -0.136. The number of halogens is 2. The summed E-state index contributed by atoms with van der Waals surface area (Å²) in [5.74, 6) is -0.918. The van der Waals surface area contributed by atoms with Crippen molar-refractivity contribution < 1.29 is 14.3 Å². The van der Waals surface area contributed by atoms with Crippen molar-refractivity contribution in [1.29, 1.82) is 0 Å². The summed E-state index contributed by atoms with van der Waals surface area (Å²) in [6.07, 6.45) is 1.73. The van der Waals surface area contributed by atoms with Gasteiger partial charge in [-0.1, -0.05) is 41.4 Å². The Morgan fingerprint density at radius 1 is 1.00 bits per heavy atom. The van der Waals surface area contributed by atoms with Crippen LogP contribution in [-0.4, -0.2) is 23.6 Å². The average molecular weight is 481 g/mol. The number of aryl methyl sites for hydroxylation is 1. The first kappa shape index (κ1) is 22.9. The largest absolute Gasteiger partial charge is 0.465 e. The van der Waals surface area contributed by atoms with Gasteiger partial charge in [0.1, 0.15) is 0 Å². The van der Waals surface area contributed by atoms with Crippen molar-refractivity contribution in [3.8, 4) is 5.69 Å². The highest BCUT2D eigenvalue weighted by Gasteiger charge is 2.38. The van der Waals surface area contributed by atoms with E-state index in [-0.39, 0.29) is 17.1 Å². The summed E-state index contributed by atoms with van der Waals surface area (Å²) in [7, 11) is 1.30. The Hall–Kier alpha value is -3.28. The molecule has 0 saturated carbocycles. The van der Waals surface area contributed by atoms with Crippen LogP contribution in [0.5, 0.6) is 0 Å². The van der Waals surface area contributed by atoms with Crippen molar-refractivity contribution in [2.75, 3.05) is 12.0 Å². The van der Waals surface area contributed by atoms with Gasteiger partial charge in [0.2, 0.25) is 0 Å². The van der Waals surface area contributed by atoms with Gasteiger partial charge in [-0.05, 0) is 68.8 Å². The predicted octanol–water partition coefficient (Wildman–Crippen LogP) is 6.28. The smallest absolute Gasteiger partial charge is 0.340 e. The topological polar surface area (TPSA) is 51.5 Å². The molecule has 0 spiro atoms. The molecule has 0 unspecified atom stereocenters. The standard InChI is InChI=1S/C26H22Cl2N2O3/c1-15-12-18(16(2)29(15)20-9-7-8-19(27)14-20)13-21-24(26(32)33-4)17(3)30(25(21)31)23-11-6-5-10-22(23)28/h5-14H,1-4H3/b21-13-. The van der Waals surface area contributed by atoms with Crippen LogP contribution in [0.25, 0.3) is 11.8 Å². The van der Waals surface area contributed by atoms with Crippen molar-refractivity contribution in [1.82, 2.24) is 4.57 Å². The molecule has 2 aromatic carbocycles. The van der Waals surface area contributed by atoms with Gasteiger partial charge in [0, 0.05) is 27.8 Å². The first-order valence-corrected chi connectivity index (χ1v) is 11.0. The van der Waals surface area contributed by atoms with E-state index in [1.807, 2.05) is 44.2 Å². The van der Waals surface area contributed by atoms with Crippen molar-refractivity contribution in [3.63, 3.8) is 0 Å². The Bertz CT molecular complexity index is 1350. The molecule has 33 heavy (non-hydrogen) atoms. The number of esters is 1. The Morgan fingerprint density at radius 3 is 2.39 bits per heavy atom.